The van der Waals surface area contributed by atoms with E-state index >= 15 is 0 Å². The maximum Gasteiger partial charge on any atom is 0.343 e. The maximum atomic E-state index is 13.2. The number of methoxy groups -OCH3 is 1. The smallest absolute Gasteiger partial charge is 0.343 e. The molecular weight excluding hydrogens is 456 g/mol. The topological polar surface area (TPSA) is 84.9 Å². The summed E-state index contributed by atoms with van der Waals surface area (Å²) >= 11 is 0. The highest BCUT2D eigenvalue weighted by molar-refractivity contribution is 6.30. The standard InChI is InChI=1S/C29H32N2O5/c1-19-9-13-23(14-10-19)31-20(2)27(29(34)35-3)28(33)25(31)17-21-11-15-24(16-12-21)36-18-26(32)30-22-7-5-4-6-8-22/h9-17,22H,4-8,18H2,1-3H3,(H,30,32)/b25-17-. The average Bonchev–Trinajstić information content (AvgIpc) is 3.13. The molecule has 2 aromatic rings. The first-order valence-electron chi connectivity index (χ1n) is 12.3. The van der Waals surface area contributed by atoms with E-state index in [1.807, 2.05) is 43.3 Å². The third-order valence-corrected chi connectivity index (χ3v) is 6.60. The first kappa shape index (κ1) is 25.2. The lowest BCUT2D eigenvalue weighted by atomic mass is 9.95. The van der Waals surface area contributed by atoms with E-state index < -0.39 is 5.97 Å². The molecule has 0 atom stereocenters. The minimum atomic E-state index is -0.659. The molecule has 7 heteroatoms. The number of anilines is 1. The number of amides is 1. The Morgan fingerprint density at radius 2 is 1.67 bits per heavy atom. The molecule has 0 spiro atoms. The van der Waals surface area contributed by atoms with E-state index in [1.54, 1.807) is 30.0 Å². The summed E-state index contributed by atoms with van der Waals surface area (Å²) in [7, 11) is 1.27. The molecule has 0 unspecified atom stereocenters. The number of esters is 1. The van der Waals surface area contributed by atoms with Crippen LogP contribution in [0.4, 0.5) is 5.69 Å². The molecule has 2 aliphatic rings. The molecule has 1 aliphatic carbocycles. The van der Waals surface area contributed by atoms with Crippen LogP contribution in [0.25, 0.3) is 6.08 Å². The van der Waals surface area contributed by atoms with Crippen molar-refractivity contribution in [3.63, 3.8) is 0 Å². The van der Waals surface area contributed by atoms with Crippen LogP contribution in [0, 0.1) is 6.92 Å². The van der Waals surface area contributed by atoms with Gasteiger partial charge in [-0.1, -0.05) is 49.1 Å². The Morgan fingerprint density at radius 1 is 1.00 bits per heavy atom. The maximum absolute atomic E-state index is 13.2. The number of allylic oxidation sites excluding steroid dienone is 2. The molecular formula is C29H32N2O5. The summed E-state index contributed by atoms with van der Waals surface area (Å²) in [5.41, 5.74) is 3.53. The molecule has 1 aliphatic heterocycles. The van der Waals surface area contributed by atoms with E-state index in [0.717, 1.165) is 42.5 Å². The molecule has 1 saturated carbocycles. The van der Waals surface area contributed by atoms with Crippen molar-refractivity contribution in [3.05, 3.63) is 76.6 Å². The highest BCUT2D eigenvalue weighted by Crippen LogP contribution is 2.36. The van der Waals surface area contributed by atoms with Gasteiger partial charge >= 0.3 is 5.97 Å². The van der Waals surface area contributed by atoms with E-state index in [0.29, 0.717) is 17.1 Å². The zero-order valence-electron chi connectivity index (χ0n) is 21.0. The third-order valence-electron chi connectivity index (χ3n) is 6.60. The molecule has 0 aromatic heterocycles. The van der Waals surface area contributed by atoms with Gasteiger partial charge < -0.3 is 19.7 Å². The number of ketones is 1. The van der Waals surface area contributed by atoms with Crippen LogP contribution in [0.2, 0.25) is 0 Å². The summed E-state index contributed by atoms with van der Waals surface area (Å²) in [6.07, 6.45) is 7.34. The van der Waals surface area contributed by atoms with Gasteiger partial charge in [-0.25, -0.2) is 4.79 Å². The predicted octanol–water partition coefficient (Wildman–Crippen LogP) is 4.70. The number of benzene rings is 2. The lowest BCUT2D eigenvalue weighted by Crippen LogP contribution is -2.38. The number of aryl methyl sites for hydroxylation is 1. The van der Waals surface area contributed by atoms with Gasteiger partial charge in [0.15, 0.2) is 6.61 Å². The minimum Gasteiger partial charge on any atom is -0.484 e. The van der Waals surface area contributed by atoms with Crippen LogP contribution in [0.3, 0.4) is 0 Å². The summed E-state index contributed by atoms with van der Waals surface area (Å²) in [5, 5.41) is 3.04. The molecule has 0 radical (unpaired) electrons. The van der Waals surface area contributed by atoms with Gasteiger partial charge in [0.25, 0.3) is 5.91 Å². The summed E-state index contributed by atoms with van der Waals surface area (Å²) in [6.45, 7) is 3.68. The molecule has 0 saturated heterocycles. The highest BCUT2D eigenvalue weighted by atomic mass is 16.5. The fourth-order valence-corrected chi connectivity index (χ4v) is 4.67. The van der Waals surface area contributed by atoms with Crippen molar-refractivity contribution in [2.24, 2.45) is 0 Å². The van der Waals surface area contributed by atoms with Crippen LogP contribution in [0.15, 0.2) is 65.5 Å². The lowest BCUT2D eigenvalue weighted by molar-refractivity contribution is -0.137. The van der Waals surface area contributed by atoms with Crippen molar-refractivity contribution >= 4 is 29.4 Å². The molecule has 7 nitrogen and oxygen atoms in total. The third kappa shape index (κ3) is 5.67. The first-order chi connectivity index (χ1) is 17.4. The van der Waals surface area contributed by atoms with Gasteiger partial charge in [0.05, 0.1) is 12.8 Å². The number of ether oxygens (including phenoxy) is 2. The highest BCUT2D eigenvalue weighted by Gasteiger charge is 2.38. The van der Waals surface area contributed by atoms with Gasteiger partial charge in [-0.3, -0.25) is 9.59 Å². The van der Waals surface area contributed by atoms with E-state index in [4.69, 9.17) is 9.47 Å². The van der Waals surface area contributed by atoms with Gasteiger partial charge in [-0.15, -0.1) is 0 Å². The number of nitrogens with one attached hydrogen (secondary N) is 1. The minimum absolute atomic E-state index is 0.0215. The Balaban J connectivity index is 1.49. The zero-order chi connectivity index (χ0) is 25.7. The van der Waals surface area contributed by atoms with Crippen molar-refractivity contribution in [3.8, 4) is 5.75 Å². The molecule has 2 aromatic carbocycles. The van der Waals surface area contributed by atoms with Crippen LogP contribution in [-0.4, -0.2) is 37.4 Å². The Bertz CT molecular complexity index is 1190. The molecule has 1 amide bonds. The zero-order valence-corrected chi connectivity index (χ0v) is 21.0. The summed E-state index contributed by atoms with van der Waals surface area (Å²) in [4.78, 5) is 39.6. The van der Waals surface area contributed by atoms with Gasteiger partial charge in [0, 0.05) is 17.4 Å². The van der Waals surface area contributed by atoms with Crippen LogP contribution < -0.4 is 15.0 Å². The van der Waals surface area contributed by atoms with Gasteiger partial charge in [-0.2, -0.15) is 0 Å². The summed E-state index contributed by atoms with van der Waals surface area (Å²) in [5.74, 6) is -0.600. The molecule has 1 N–H and O–H groups in total. The second kappa shape index (κ2) is 11.2. The van der Waals surface area contributed by atoms with Crippen molar-refractivity contribution in [1.29, 1.82) is 0 Å². The quantitative estimate of drug-likeness (QED) is 0.346. The van der Waals surface area contributed by atoms with Crippen molar-refractivity contribution < 1.29 is 23.9 Å². The number of carbonyl (C=O) groups is 3. The second-order valence-corrected chi connectivity index (χ2v) is 9.24. The second-order valence-electron chi connectivity index (χ2n) is 9.24. The summed E-state index contributed by atoms with van der Waals surface area (Å²) in [6, 6.07) is 15.1. The van der Waals surface area contributed by atoms with Crippen LogP contribution in [-0.2, 0) is 19.1 Å². The number of hydrogen-bond donors (Lipinski definition) is 1. The fourth-order valence-electron chi connectivity index (χ4n) is 4.67. The number of Topliss-reactive ketones (excluding diaryl/α,β-unsaturated/α-hetero) is 1. The molecule has 36 heavy (non-hydrogen) atoms. The van der Waals surface area contributed by atoms with Crippen LogP contribution in [0.1, 0.15) is 50.2 Å². The number of carbonyl (C=O) groups excluding carboxylic acids is 3. The number of hydrogen-bond acceptors (Lipinski definition) is 6. The monoisotopic (exact) mass is 488 g/mol. The fraction of sp³-hybridized carbons (Fsp3) is 0.345. The normalized spacial score (nSPS) is 17.5. The summed E-state index contributed by atoms with van der Waals surface area (Å²) < 4.78 is 10.5. The van der Waals surface area contributed by atoms with Crippen LogP contribution >= 0.6 is 0 Å². The Labute approximate surface area is 211 Å². The molecule has 1 fully saturated rings. The first-order valence-corrected chi connectivity index (χ1v) is 12.3. The number of nitrogens with zero attached hydrogens (tertiary/aromatic N) is 1. The molecule has 188 valence electrons. The van der Waals surface area contributed by atoms with Gasteiger partial charge in [-0.05, 0) is 62.6 Å². The predicted molar refractivity (Wildman–Crippen MR) is 138 cm³/mol. The Morgan fingerprint density at radius 3 is 2.31 bits per heavy atom. The van der Waals surface area contributed by atoms with E-state index in [9.17, 15) is 14.4 Å². The van der Waals surface area contributed by atoms with Gasteiger partial charge in [0.2, 0.25) is 5.78 Å². The van der Waals surface area contributed by atoms with Crippen LogP contribution in [0.5, 0.6) is 5.75 Å². The number of rotatable bonds is 7. The Kier molecular flexibility index (Phi) is 7.88. The molecule has 1 heterocycles. The molecule has 4 rings (SSSR count). The largest absolute Gasteiger partial charge is 0.484 e. The van der Waals surface area contributed by atoms with Crippen molar-refractivity contribution in [1.82, 2.24) is 5.32 Å². The van der Waals surface area contributed by atoms with Crippen molar-refractivity contribution in [2.75, 3.05) is 18.6 Å². The van der Waals surface area contributed by atoms with E-state index in [1.165, 1.54) is 13.5 Å². The lowest BCUT2D eigenvalue weighted by Gasteiger charge is -2.22. The SMILES string of the molecule is COC(=O)C1=C(C)N(c2ccc(C)cc2)/C(=C\c2ccc(OCC(=O)NC3CCCCC3)cc2)C1=O. The Hall–Kier alpha value is -3.87. The van der Waals surface area contributed by atoms with E-state index in [-0.39, 0.29) is 29.9 Å². The average molecular weight is 489 g/mol. The van der Waals surface area contributed by atoms with Gasteiger partial charge in [0.1, 0.15) is 11.3 Å². The van der Waals surface area contributed by atoms with E-state index in [2.05, 4.69) is 5.32 Å². The van der Waals surface area contributed by atoms with Crippen molar-refractivity contribution in [2.45, 2.75) is 52.0 Å². The molecule has 0 bridgehead atoms.